The van der Waals surface area contributed by atoms with E-state index in [1.165, 1.54) is 12.1 Å². The summed E-state index contributed by atoms with van der Waals surface area (Å²) < 4.78 is 26.3. The summed E-state index contributed by atoms with van der Waals surface area (Å²) in [7, 11) is 0. The first-order chi connectivity index (χ1) is 7.66. The van der Waals surface area contributed by atoms with Crippen LogP contribution in [0.25, 0.3) is 0 Å². The third kappa shape index (κ3) is 2.50. The molecule has 1 heterocycles. The first-order valence-corrected chi connectivity index (χ1v) is 5.60. The van der Waals surface area contributed by atoms with Crippen LogP contribution in [0.4, 0.5) is 14.5 Å². The molecule has 88 valence electrons. The topological polar surface area (TPSA) is 15.3 Å². The molecule has 1 N–H and O–H groups in total. The molecule has 1 aliphatic rings. The van der Waals surface area contributed by atoms with Gasteiger partial charge >= 0.3 is 0 Å². The fourth-order valence-electron chi connectivity index (χ4n) is 1.99. The van der Waals surface area contributed by atoms with Crippen LogP contribution in [-0.4, -0.2) is 25.7 Å². The molecule has 0 saturated carbocycles. The van der Waals surface area contributed by atoms with Gasteiger partial charge in [-0.25, -0.2) is 8.78 Å². The predicted molar refractivity (Wildman–Crippen MR) is 60.7 cm³/mol. The van der Waals surface area contributed by atoms with E-state index in [2.05, 4.69) is 12.2 Å². The van der Waals surface area contributed by atoms with Crippen LogP contribution in [0.3, 0.4) is 0 Å². The van der Waals surface area contributed by atoms with Crippen LogP contribution in [0.2, 0.25) is 0 Å². The van der Waals surface area contributed by atoms with Gasteiger partial charge in [0.25, 0.3) is 0 Å². The Bertz CT molecular complexity index is 368. The summed E-state index contributed by atoms with van der Waals surface area (Å²) in [6.07, 6.45) is 0.969. The molecule has 0 aliphatic carbocycles. The fourth-order valence-corrected chi connectivity index (χ4v) is 1.99. The molecule has 1 aromatic rings. The first kappa shape index (κ1) is 11.3. The lowest BCUT2D eigenvalue weighted by Crippen LogP contribution is -2.29. The molecular weight excluding hydrogens is 210 g/mol. The van der Waals surface area contributed by atoms with E-state index in [1.807, 2.05) is 4.90 Å². The van der Waals surface area contributed by atoms with Crippen LogP contribution in [0.1, 0.15) is 13.3 Å². The van der Waals surface area contributed by atoms with Crippen molar-refractivity contribution >= 4 is 5.69 Å². The lowest BCUT2D eigenvalue weighted by molar-refractivity contribution is 0.565. The summed E-state index contributed by atoms with van der Waals surface area (Å²) in [4.78, 5) is 1.96. The molecule has 1 atom stereocenters. The molecule has 1 saturated heterocycles. The van der Waals surface area contributed by atoms with Crippen molar-refractivity contribution in [2.45, 2.75) is 19.4 Å². The minimum atomic E-state index is -0.525. The molecule has 0 radical (unpaired) electrons. The molecular formula is C12H16F2N2. The lowest BCUT2D eigenvalue weighted by atomic mass is 10.2. The minimum absolute atomic E-state index is 0.452. The number of halogens is 2. The molecule has 16 heavy (non-hydrogen) atoms. The molecule has 1 aromatic carbocycles. The molecule has 0 spiro atoms. The average Bonchev–Trinajstić information content (AvgIpc) is 2.43. The number of nitrogens with zero attached hydrogens (tertiary/aromatic N) is 1. The van der Waals surface area contributed by atoms with E-state index >= 15 is 0 Å². The van der Waals surface area contributed by atoms with Gasteiger partial charge in [0.05, 0.1) is 5.69 Å². The van der Waals surface area contributed by atoms with Crippen molar-refractivity contribution in [2.75, 3.05) is 24.5 Å². The number of anilines is 1. The van der Waals surface area contributed by atoms with Crippen molar-refractivity contribution in [2.24, 2.45) is 0 Å². The summed E-state index contributed by atoms with van der Waals surface area (Å²) in [6.45, 7) is 4.51. The van der Waals surface area contributed by atoms with Crippen LogP contribution in [0, 0.1) is 11.6 Å². The van der Waals surface area contributed by atoms with Gasteiger partial charge in [-0.2, -0.15) is 0 Å². The maximum absolute atomic E-state index is 13.6. The summed E-state index contributed by atoms with van der Waals surface area (Å²) in [5, 5.41) is 3.34. The van der Waals surface area contributed by atoms with Crippen LogP contribution in [0.15, 0.2) is 18.2 Å². The van der Waals surface area contributed by atoms with Gasteiger partial charge in [0.15, 0.2) is 0 Å². The molecule has 4 heteroatoms. The molecule has 1 aliphatic heterocycles. The highest BCUT2D eigenvalue weighted by atomic mass is 19.1. The second-order valence-electron chi connectivity index (χ2n) is 4.23. The molecule has 2 rings (SSSR count). The second-order valence-corrected chi connectivity index (χ2v) is 4.23. The lowest BCUT2D eigenvalue weighted by Gasteiger charge is -2.22. The Labute approximate surface area is 94.3 Å². The summed E-state index contributed by atoms with van der Waals surface area (Å²) in [5.74, 6) is -1.00. The maximum Gasteiger partial charge on any atom is 0.149 e. The van der Waals surface area contributed by atoms with Crippen LogP contribution in [-0.2, 0) is 0 Å². The van der Waals surface area contributed by atoms with Gasteiger partial charge in [0.1, 0.15) is 11.6 Å². The van der Waals surface area contributed by atoms with E-state index < -0.39 is 11.6 Å². The van der Waals surface area contributed by atoms with Gasteiger partial charge < -0.3 is 10.2 Å². The van der Waals surface area contributed by atoms with Gasteiger partial charge in [-0.05, 0) is 25.5 Å². The van der Waals surface area contributed by atoms with Crippen LogP contribution >= 0.6 is 0 Å². The van der Waals surface area contributed by atoms with E-state index in [4.69, 9.17) is 0 Å². The Morgan fingerprint density at radius 2 is 2.12 bits per heavy atom. The van der Waals surface area contributed by atoms with Gasteiger partial charge in [-0.1, -0.05) is 0 Å². The van der Waals surface area contributed by atoms with Gasteiger partial charge in [-0.3, -0.25) is 0 Å². The van der Waals surface area contributed by atoms with Crippen molar-refractivity contribution in [3.05, 3.63) is 29.8 Å². The summed E-state index contributed by atoms with van der Waals surface area (Å²) in [5.41, 5.74) is 0.498. The highest BCUT2D eigenvalue weighted by Gasteiger charge is 2.16. The largest absolute Gasteiger partial charge is 0.368 e. The zero-order valence-electron chi connectivity index (χ0n) is 9.34. The monoisotopic (exact) mass is 226 g/mol. The van der Waals surface area contributed by atoms with Crippen LogP contribution < -0.4 is 10.2 Å². The Morgan fingerprint density at radius 3 is 2.88 bits per heavy atom. The molecule has 0 bridgehead atoms. The van der Waals surface area contributed by atoms with E-state index in [1.54, 1.807) is 0 Å². The number of rotatable bonds is 1. The van der Waals surface area contributed by atoms with Crippen molar-refractivity contribution in [3.63, 3.8) is 0 Å². The van der Waals surface area contributed by atoms with E-state index in [0.717, 1.165) is 32.1 Å². The van der Waals surface area contributed by atoms with Gasteiger partial charge in [-0.15, -0.1) is 0 Å². The Balaban J connectivity index is 2.16. The Hall–Kier alpha value is -1.16. The molecule has 1 fully saturated rings. The molecule has 0 aromatic heterocycles. The third-order valence-electron chi connectivity index (χ3n) is 2.96. The SMILES string of the molecule is C[C@@H]1CCN(c2ccc(F)cc2F)CCN1. The van der Waals surface area contributed by atoms with Gasteiger partial charge in [0.2, 0.25) is 0 Å². The molecule has 0 amide bonds. The highest BCUT2D eigenvalue weighted by molar-refractivity contribution is 5.48. The second kappa shape index (κ2) is 4.78. The van der Waals surface area contributed by atoms with Gasteiger partial charge in [0, 0.05) is 31.7 Å². The highest BCUT2D eigenvalue weighted by Crippen LogP contribution is 2.21. The average molecular weight is 226 g/mol. The number of nitrogens with one attached hydrogen (secondary N) is 1. The van der Waals surface area contributed by atoms with Crippen molar-refractivity contribution in [3.8, 4) is 0 Å². The fraction of sp³-hybridized carbons (Fsp3) is 0.500. The van der Waals surface area contributed by atoms with E-state index in [9.17, 15) is 8.78 Å². The molecule has 2 nitrogen and oxygen atoms in total. The normalized spacial score (nSPS) is 21.9. The van der Waals surface area contributed by atoms with Crippen molar-refractivity contribution < 1.29 is 8.78 Å². The Kier molecular flexibility index (Phi) is 3.39. The van der Waals surface area contributed by atoms with Crippen molar-refractivity contribution in [1.29, 1.82) is 0 Å². The predicted octanol–water partition coefficient (Wildman–Crippen LogP) is 2.15. The minimum Gasteiger partial charge on any atom is -0.368 e. The Morgan fingerprint density at radius 1 is 1.31 bits per heavy atom. The van der Waals surface area contributed by atoms with Crippen molar-refractivity contribution in [1.82, 2.24) is 5.32 Å². The summed E-state index contributed by atoms with van der Waals surface area (Å²) >= 11 is 0. The van der Waals surface area contributed by atoms with Crippen LogP contribution in [0.5, 0.6) is 0 Å². The summed E-state index contributed by atoms with van der Waals surface area (Å²) in [6, 6.07) is 4.21. The maximum atomic E-state index is 13.6. The molecule has 0 unspecified atom stereocenters. The zero-order valence-corrected chi connectivity index (χ0v) is 9.34. The number of hydrogen-bond donors (Lipinski definition) is 1. The zero-order chi connectivity index (χ0) is 11.5. The first-order valence-electron chi connectivity index (χ1n) is 5.60. The quantitative estimate of drug-likeness (QED) is 0.789. The number of benzene rings is 1. The van der Waals surface area contributed by atoms with E-state index in [-0.39, 0.29) is 0 Å². The number of hydrogen-bond acceptors (Lipinski definition) is 2. The third-order valence-corrected chi connectivity index (χ3v) is 2.96. The smallest absolute Gasteiger partial charge is 0.149 e. The standard InChI is InChI=1S/C12H16F2N2/c1-9-4-6-16(7-5-15-9)12-3-2-10(13)8-11(12)14/h2-3,8-9,15H,4-7H2,1H3/t9-/m1/s1. The van der Waals surface area contributed by atoms with E-state index in [0.29, 0.717) is 11.7 Å².